The molecule has 0 N–H and O–H groups in total. The summed E-state index contributed by atoms with van der Waals surface area (Å²) in [4.78, 5) is 13.7. The highest BCUT2D eigenvalue weighted by Gasteiger charge is 2.33. The second kappa shape index (κ2) is 5.15. The number of hydrogen-bond acceptors (Lipinski definition) is 3. The molecule has 1 aromatic carbocycles. The SMILES string of the molecule is C#CC1CC(=O)N(c2c(C#N)cnn2-c2ccccc2)C1. The van der Waals surface area contributed by atoms with Crippen LogP contribution in [0.3, 0.4) is 0 Å². The summed E-state index contributed by atoms with van der Waals surface area (Å²) < 4.78 is 1.61. The molecule has 2 heterocycles. The van der Waals surface area contributed by atoms with E-state index in [-0.39, 0.29) is 11.8 Å². The van der Waals surface area contributed by atoms with E-state index in [1.54, 1.807) is 9.58 Å². The monoisotopic (exact) mass is 276 g/mol. The Morgan fingerprint density at radius 2 is 2.10 bits per heavy atom. The predicted octanol–water partition coefficient (Wildman–Crippen LogP) is 1.73. The van der Waals surface area contributed by atoms with Crippen molar-refractivity contribution in [3.63, 3.8) is 0 Å². The average Bonchev–Trinajstić information content (AvgIpc) is 3.10. The number of para-hydroxylation sites is 1. The second-order valence-electron chi connectivity index (χ2n) is 4.81. The molecule has 1 fully saturated rings. The number of amides is 1. The molecule has 1 saturated heterocycles. The van der Waals surface area contributed by atoms with Crippen LogP contribution in [0.15, 0.2) is 36.5 Å². The molecule has 0 spiro atoms. The Hall–Kier alpha value is -3.05. The van der Waals surface area contributed by atoms with Gasteiger partial charge in [-0.1, -0.05) is 18.2 Å². The molecule has 1 aliphatic heterocycles. The zero-order chi connectivity index (χ0) is 14.8. The van der Waals surface area contributed by atoms with Gasteiger partial charge in [0.25, 0.3) is 0 Å². The number of nitrogens with zero attached hydrogens (tertiary/aromatic N) is 4. The highest BCUT2D eigenvalue weighted by atomic mass is 16.2. The van der Waals surface area contributed by atoms with Gasteiger partial charge in [0.15, 0.2) is 5.82 Å². The topological polar surface area (TPSA) is 61.9 Å². The highest BCUT2D eigenvalue weighted by molar-refractivity contribution is 5.96. The molecule has 5 nitrogen and oxygen atoms in total. The second-order valence-corrected chi connectivity index (χ2v) is 4.81. The average molecular weight is 276 g/mol. The molecule has 1 aliphatic rings. The first-order valence-electron chi connectivity index (χ1n) is 6.54. The molecule has 5 heteroatoms. The normalized spacial score (nSPS) is 17.5. The zero-order valence-corrected chi connectivity index (χ0v) is 11.2. The van der Waals surface area contributed by atoms with Crippen molar-refractivity contribution in [2.45, 2.75) is 6.42 Å². The zero-order valence-electron chi connectivity index (χ0n) is 11.2. The van der Waals surface area contributed by atoms with Gasteiger partial charge in [0.1, 0.15) is 11.6 Å². The Morgan fingerprint density at radius 3 is 2.71 bits per heavy atom. The predicted molar refractivity (Wildman–Crippen MR) is 77.6 cm³/mol. The maximum absolute atomic E-state index is 12.2. The first-order chi connectivity index (χ1) is 10.2. The summed E-state index contributed by atoms with van der Waals surface area (Å²) in [6, 6.07) is 11.5. The molecule has 1 atom stereocenters. The van der Waals surface area contributed by atoms with E-state index in [1.807, 2.05) is 30.3 Å². The third-order valence-corrected chi connectivity index (χ3v) is 3.48. The van der Waals surface area contributed by atoms with Gasteiger partial charge in [-0.15, -0.1) is 12.3 Å². The van der Waals surface area contributed by atoms with Crippen LogP contribution in [-0.4, -0.2) is 22.2 Å². The van der Waals surface area contributed by atoms with Crippen LogP contribution >= 0.6 is 0 Å². The van der Waals surface area contributed by atoms with Gasteiger partial charge >= 0.3 is 0 Å². The maximum Gasteiger partial charge on any atom is 0.229 e. The standard InChI is InChI=1S/C16H12N4O/c1-2-12-8-15(21)19(11-12)16-13(9-17)10-18-20(16)14-6-4-3-5-7-14/h1,3-7,10,12H,8,11H2. The molecule has 21 heavy (non-hydrogen) atoms. The van der Waals surface area contributed by atoms with Crippen LogP contribution in [0.5, 0.6) is 0 Å². The molecule has 3 rings (SSSR count). The van der Waals surface area contributed by atoms with E-state index in [4.69, 9.17) is 6.42 Å². The lowest BCUT2D eigenvalue weighted by Gasteiger charge is -2.18. The van der Waals surface area contributed by atoms with Crippen molar-refractivity contribution in [2.24, 2.45) is 5.92 Å². The number of carbonyl (C=O) groups is 1. The van der Waals surface area contributed by atoms with Crippen molar-refractivity contribution in [1.82, 2.24) is 9.78 Å². The van der Waals surface area contributed by atoms with Gasteiger partial charge in [-0.2, -0.15) is 10.4 Å². The Kier molecular flexibility index (Phi) is 3.17. The van der Waals surface area contributed by atoms with Gasteiger partial charge in [0, 0.05) is 18.9 Å². The van der Waals surface area contributed by atoms with Crippen LogP contribution in [-0.2, 0) is 4.79 Å². The van der Waals surface area contributed by atoms with Gasteiger partial charge in [-0.3, -0.25) is 9.69 Å². The Labute approximate surface area is 122 Å². The summed E-state index contributed by atoms with van der Waals surface area (Å²) in [6.07, 6.45) is 7.19. The van der Waals surface area contributed by atoms with Gasteiger partial charge in [0.2, 0.25) is 5.91 Å². The number of terminal acetylenes is 1. The van der Waals surface area contributed by atoms with Crippen molar-refractivity contribution in [3.05, 3.63) is 42.1 Å². The summed E-state index contributed by atoms with van der Waals surface area (Å²) in [5, 5.41) is 13.5. The number of hydrogen-bond donors (Lipinski definition) is 0. The van der Waals surface area contributed by atoms with E-state index in [2.05, 4.69) is 17.1 Å². The molecule has 0 bridgehead atoms. The van der Waals surface area contributed by atoms with Crippen LogP contribution in [0, 0.1) is 29.6 Å². The lowest BCUT2D eigenvalue weighted by atomic mass is 10.1. The maximum atomic E-state index is 12.2. The van der Waals surface area contributed by atoms with E-state index in [9.17, 15) is 10.1 Å². The molecular weight excluding hydrogens is 264 g/mol. The van der Waals surface area contributed by atoms with Gasteiger partial charge in [0.05, 0.1) is 11.9 Å². The lowest BCUT2D eigenvalue weighted by Crippen LogP contribution is -2.27. The van der Waals surface area contributed by atoms with Crippen molar-refractivity contribution in [2.75, 3.05) is 11.4 Å². The summed E-state index contributed by atoms with van der Waals surface area (Å²) in [5.41, 5.74) is 1.16. The molecule has 102 valence electrons. The number of anilines is 1. The van der Waals surface area contributed by atoms with Crippen molar-refractivity contribution in [1.29, 1.82) is 5.26 Å². The Morgan fingerprint density at radius 1 is 1.33 bits per heavy atom. The van der Waals surface area contributed by atoms with Crippen LogP contribution < -0.4 is 4.90 Å². The smallest absolute Gasteiger partial charge is 0.229 e. The molecule has 0 saturated carbocycles. The van der Waals surface area contributed by atoms with Crippen LogP contribution in [0.25, 0.3) is 5.69 Å². The fourth-order valence-corrected chi connectivity index (χ4v) is 2.46. The molecule has 0 aliphatic carbocycles. The fourth-order valence-electron chi connectivity index (χ4n) is 2.46. The van der Waals surface area contributed by atoms with E-state index < -0.39 is 0 Å². The van der Waals surface area contributed by atoms with Crippen LogP contribution in [0.1, 0.15) is 12.0 Å². The number of benzene rings is 1. The molecule has 1 aromatic heterocycles. The lowest BCUT2D eigenvalue weighted by molar-refractivity contribution is -0.117. The highest BCUT2D eigenvalue weighted by Crippen LogP contribution is 2.29. The Balaban J connectivity index is 2.10. The fraction of sp³-hybridized carbons (Fsp3) is 0.188. The molecule has 0 radical (unpaired) electrons. The molecule has 2 aromatic rings. The molecular formula is C16H12N4O. The summed E-state index contributed by atoms with van der Waals surface area (Å²) in [5.74, 6) is 2.90. The van der Waals surface area contributed by atoms with Crippen molar-refractivity contribution < 1.29 is 4.79 Å². The van der Waals surface area contributed by atoms with E-state index >= 15 is 0 Å². The minimum Gasteiger partial charge on any atom is -0.294 e. The van der Waals surface area contributed by atoms with E-state index in [0.29, 0.717) is 24.3 Å². The van der Waals surface area contributed by atoms with Gasteiger partial charge in [-0.25, -0.2) is 4.68 Å². The quantitative estimate of drug-likeness (QED) is 0.785. The number of aromatic nitrogens is 2. The number of rotatable bonds is 2. The largest absolute Gasteiger partial charge is 0.294 e. The molecule has 1 amide bonds. The Bertz CT molecular complexity index is 764. The minimum absolute atomic E-state index is 0.0767. The summed E-state index contributed by atoms with van der Waals surface area (Å²) in [7, 11) is 0. The number of carbonyl (C=O) groups excluding carboxylic acids is 1. The summed E-state index contributed by atoms with van der Waals surface area (Å²) >= 11 is 0. The molecule has 1 unspecified atom stereocenters. The summed E-state index contributed by atoms with van der Waals surface area (Å²) in [6.45, 7) is 0.419. The van der Waals surface area contributed by atoms with Gasteiger partial charge in [-0.05, 0) is 12.1 Å². The van der Waals surface area contributed by atoms with E-state index in [1.165, 1.54) is 6.20 Å². The number of nitriles is 1. The van der Waals surface area contributed by atoms with E-state index in [0.717, 1.165) is 5.69 Å². The first kappa shape index (κ1) is 13.0. The van der Waals surface area contributed by atoms with Gasteiger partial charge < -0.3 is 0 Å². The third kappa shape index (κ3) is 2.15. The third-order valence-electron chi connectivity index (χ3n) is 3.48. The van der Waals surface area contributed by atoms with Crippen LogP contribution in [0.2, 0.25) is 0 Å². The first-order valence-corrected chi connectivity index (χ1v) is 6.54. The van der Waals surface area contributed by atoms with Crippen molar-refractivity contribution >= 4 is 11.7 Å². The van der Waals surface area contributed by atoms with Crippen molar-refractivity contribution in [3.8, 4) is 24.1 Å². The minimum atomic E-state index is -0.122. The van der Waals surface area contributed by atoms with Crippen LogP contribution in [0.4, 0.5) is 5.82 Å².